The van der Waals surface area contributed by atoms with Gasteiger partial charge in [-0.15, -0.1) is 0 Å². The van der Waals surface area contributed by atoms with E-state index in [4.69, 9.17) is 4.74 Å². The van der Waals surface area contributed by atoms with Crippen molar-refractivity contribution in [1.29, 1.82) is 0 Å². The molecule has 0 aliphatic carbocycles. The van der Waals surface area contributed by atoms with Crippen molar-refractivity contribution in [2.45, 2.75) is 0 Å². The summed E-state index contributed by atoms with van der Waals surface area (Å²) in [7, 11) is 0. The van der Waals surface area contributed by atoms with E-state index < -0.39 is 29.3 Å². The fourth-order valence-corrected chi connectivity index (χ4v) is 1.36. The Bertz CT molecular complexity index is 602. The zero-order chi connectivity index (χ0) is 14.0. The number of halogens is 4. The SMILES string of the molecule is C=C(Oc1c(F)c(F)nc(F)c1F)c1ccccc1. The zero-order valence-electron chi connectivity index (χ0n) is 9.46. The monoisotopic (exact) mass is 269 g/mol. The second-order valence-corrected chi connectivity index (χ2v) is 3.54. The third-order valence-corrected chi connectivity index (χ3v) is 2.28. The van der Waals surface area contributed by atoms with Crippen LogP contribution in [0.5, 0.6) is 5.75 Å². The van der Waals surface area contributed by atoms with Gasteiger partial charge in [0.15, 0.2) is 0 Å². The molecule has 1 heterocycles. The molecule has 6 heteroatoms. The van der Waals surface area contributed by atoms with E-state index in [1.165, 1.54) is 0 Å². The van der Waals surface area contributed by atoms with Crippen molar-refractivity contribution >= 4 is 5.76 Å². The Morgan fingerprint density at radius 3 is 2.00 bits per heavy atom. The summed E-state index contributed by atoms with van der Waals surface area (Å²) >= 11 is 0. The molecule has 98 valence electrons. The first-order valence-electron chi connectivity index (χ1n) is 5.13. The number of benzene rings is 1. The lowest BCUT2D eigenvalue weighted by atomic mass is 10.2. The average molecular weight is 269 g/mol. The first-order valence-corrected chi connectivity index (χ1v) is 5.13. The van der Waals surface area contributed by atoms with Crippen LogP contribution >= 0.6 is 0 Å². The van der Waals surface area contributed by atoms with Crippen LogP contribution in [0.1, 0.15) is 5.56 Å². The first kappa shape index (κ1) is 13.1. The van der Waals surface area contributed by atoms with E-state index in [0.717, 1.165) is 0 Å². The van der Waals surface area contributed by atoms with Crippen LogP contribution in [-0.4, -0.2) is 4.98 Å². The van der Waals surface area contributed by atoms with Gasteiger partial charge in [0, 0.05) is 5.56 Å². The average Bonchev–Trinajstić information content (AvgIpc) is 2.42. The minimum Gasteiger partial charge on any atom is -0.451 e. The number of ether oxygens (including phenoxy) is 1. The highest BCUT2D eigenvalue weighted by atomic mass is 19.2. The Kier molecular flexibility index (Phi) is 3.50. The zero-order valence-corrected chi connectivity index (χ0v) is 9.46. The number of rotatable bonds is 3. The first-order chi connectivity index (χ1) is 9.00. The number of hydrogen-bond acceptors (Lipinski definition) is 2. The van der Waals surface area contributed by atoms with Crippen molar-refractivity contribution < 1.29 is 22.3 Å². The molecule has 0 spiro atoms. The number of nitrogens with zero attached hydrogens (tertiary/aromatic N) is 1. The summed E-state index contributed by atoms with van der Waals surface area (Å²) in [6.07, 6.45) is 0. The summed E-state index contributed by atoms with van der Waals surface area (Å²) in [6, 6.07) is 8.12. The Labute approximate surface area is 106 Å². The maximum absolute atomic E-state index is 13.3. The van der Waals surface area contributed by atoms with Crippen molar-refractivity contribution in [1.82, 2.24) is 4.98 Å². The molecule has 0 atom stereocenters. The molecule has 1 aromatic heterocycles. The standard InChI is InChI=1S/C13H7F4NO/c1-7(8-5-3-2-4-6-8)19-11-9(14)12(16)18-13(17)10(11)15/h2-6H,1H2. The largest absolute Gasteiger partial charge is 0.451 e. The van der Waals surface area contributed by atoms with Gasteiger partial charge >= 0.3 is 0 Å². The van der Waals surface area contributed by atoms with Crippen LogP contribution in [0.3, 0.4) is 0 Å². The van der Waals surface area contributed by atoms with E-state index in [0.29, 0.717) is 5.56 Å². The maximum atomic E-state index is 13.3. The number of hydrogen-bond donors (Lipinski definition) is 0. The number of aromatic nitrogens is 1. The fraction of sp³-hybridized carbons (Fsp3) is 0. The Balaban J connectivity index is 2.37. The van der Waals surface area contributed by atoms with Gasteiger partial charge in [-0.25, -0.2) is 0 Å². The molecular weight excluding hydrogens is 262 g/mol. The molecular formula is C13H7F4NO. The van der Waals surface area contributed by atoms with E-state index in [-0.39, 0.29) is 5.76 Å². The molecule has 0 fully saturated rings. The van der Waals surface area contributed by atoms with Crippen LogP contribution in [0.25, 0.3) is 5.76 Å². The summed E-state index contributed by atoms with van der Waals surface area (Å²) in [5.74, 6) is -8.35. The minimum atomic E-state index is -1.78. The molecule has 2 nitrogen and oxygen atoms in total. The van der Waals surface area contributed by atoms with Crippen LogP contribution < -0.4 is 4.74 Å². The molecule has 0 unspecified atom stereocenters. The van der Waals surface area contributed by atoms with Gasteiger partial charge in [-0.3, -0.25) is 0 Å². The van der Waals surface area contributed by atoms with Crippen LogP contribution in [0.4, 0.5) is 17.6 Å². The molecule has 0 radical (unpaired) electrons. The van der Waals surface area contributed by atoms with Crippen LogP contribution in [-0.2, 0) is 0 Å². The molecule has 2 aromatic rings. The molecule has 1 aromatic carbocycles. The molecule has 0 amide bonds. The van der Waals surface area contributed by atoms with Gasteiger partial charge in [0.1, 0.15) is 5.76 Å². The van der Waals surface area contributed by atoms with Gasteiger partial charge in [-0.2, -0.15) is 22.5 Å². The third kappa shape index (κ3) is 2.57. The van der Waals surface area contributed by atoms with Crippen molar-refractivity contribution in [3.8, 4) is 5.75 Å². The Morgan fingerprint density at radius 1 is 0.947 bits per heavy atom. The molecule has 0 aliphatic heterocycles. The Morgan fingerprint density at radius 2 is 1.47 bits per heavy atom. The molecule has 2 rings (SSSR count). The van der Waals surface area contributed by atoms with Crippen LogP contribution in [0.2, 0.25) is 0 Å². The normalized spacial score (nSPS) is 10.3. The second kappa shape index (κ2) is 5.09. The molecule has 0 saturated heterocycles. The van der Waals surface area contributed by atoms with Crippen molar-refractivity contribution in [2.75, 3.05) is 0 Å². The second-order valence-electron chi connectivity index (χ2n) is 3.54. The van der Waals surface area contributed by atoms with Gasteiger partial charge in [0.2, 0.25) is 17.4 Å². The molecule has 0 bridgehead atoms. The molecule has 19 heavy (non-hydrogen) atoms. The van der Waals surface area contributed by atoms with E-state index in [9.17, 15) is 17.6 Å². The minimum absolute atomic E-state index is 0.150. The van der Waals surface area contributed by atoms with Gasteiger partial charge < -0.3 is 4.74 Å². The van der Waals surface area contributed by atoms with E-state index in [1.807, 2.05) is 0 Å². The van der Waals surface area contributed by atoms with Gasteiger partial charge in [-0.1, -0.05) is 36.9 Å². The smallest absolute Gasteiger partial charge is 0.255 e. The summed E-state index contributed by atoms with van der Waals surface area (Å²) in [5, 5.41) is 0. The molecule has 0 N–H and O–H groups in total. The van der Waals surface area contributed by atoms with Gasteiger partial charge in [0.05, 0.1) is 0 Å². The van der Waals surface area contributed by atoms with E-state index in [2.05, 4.69) is 11.6 Å². The maximum Gasteiger partial charge on any atom is 0.255 e. The number of pyridine rings is 1. The van der Waals surface area contributed by atoms with Crippen LogP contribution in [0.15, 0.2) is 36.9 Å². The van der Waals surface area contributed by atoms with Crippen molar-refractivity contribution in [3.63, 3.8) is 0 Å². The summed E-state index contributed by atoms with van der Waals surface area (Å²) in [5.41, 5.74) is 0.416. The Hall–Kier alpha value is -2.37. The highest BCUT2D eigenvalue weighted by Crippen LogP contribution is 2.28. The quantitative estimate of drug-likeness (QED) is 0.481. The summed E-state index contributed by atoms with van der Waals surface area (Å²) in [4.78, 5) is 2.42. The van der Waals surface area contributed by atoms with Gasteiger partial charge in [0.25, 0.3) is 11.9 Å². The van der Waals surface area contributed by atoms with Crippen molar-refractivity contribution in [3.05, 3.63) is 66.0 Å². The highest BCUT2D eigenvalue weighted by Gasteiger charge is 2.23. The predicted molar refractivity (Wildman–Crippen MR) is 60.2 cm³/mol. The molecule has 0 aliphatic rings. The lowest BCUT2D eigenvalue weighted by Gasteiger charge is -2.10. The van der Waals surface area contributed by atoms with E-state index in [1.54, 1.807) is 30.3 Å². The lowest BCUT2D eigenvalue weighted by Crippen LogP contribution is -2.05. The van der Waals surface area contributed by atoms with Crippen molar-refractivity contribution in [2.24, 2.45) is 0 Å². The topological polar surface area (TPSA) is 22.1 Å². The van der Waals surface area contributed by atoms with E-state index >= 15 is 0 Å². The fourth-order valence-electron chi connectivity index (χ4n) is 1.36. The third-order valence-electron chi connectivity index (χ3n) is 2.28. The van der Waals surface area contributed by atoms with Gasteiger partial charge in [-0.05, 0) is 0 Å². The molecule has 0 saturated carbocycles. The van der Waals surface area contributed by atoms with Crippen LogP contribution in [0, 0.1) is 23.5 Å². The lowest BCUT2D eigenvalue weighted by molar-refractivity contribution is 0.352. The summed E-state index contributed by atoms with van der Waals surface area (Å²) < 4.78 is 57.1. The highest BCUT2D eigenvalue weighted by molar-refractivity contribution is 5.59. The predicted octanol–water partition coefficient (Wildman–Crippen LogP) is 3.69. The summed E-state index contributed by atoms with van der Waals surface area (Å²) in [6.45, 7) is 3.44.